The molecular formula is C24H21N3O4S2. The number of benzene rings is 2. The van der Waals surface area contributed by atoms with Crippen molar-refractivity contribution in [2.75, 3.05) is 13.2 Å². The Morgan fingerprint density at radius 2 is 2.00 bits per heavy atom. The molecule has 5 rings (SSSR count). The second-order valence-corrected chi connectivity index (χ2v) is 9.76. The van der Waals surface area contributed by atoms with Crippen molar-refractivity contribution in [1.82, 2.24) is 9.47 Å². The van der Waals surface area contributed by atoms with Crippen LogP contribution in [-0.2, 0) is 16.1 Å². The third kappa shape index (κ3) is 4.44. The van der Waals surface area contributed by atoms with Crippen LogP contribution in [-0.4, -0.2) is 43.9 Å². The lowest BCUT2D eigenvalue weighted by Crippen LogP contribution is -2.35. The van der Waals surface area contributed by atoms with Gasteiger partial charge >= 0.3 is 0 Å². The lowest BCUT2D eigenvalue weighted by atomic mass is 10.1. The highest BCUT2D eigenvalue weighted by Gasteiger charge is 2.34. The largest absolute Gasteiger partial charge is 0.376 e. The number of fused-ring (bicyclic) bond motifs is 1. The number of ether oxygens (including phenoxy) is 1. The maximum Gasteiger partial charge on any atom is 0.269 e. The molecule has 0 spiro atoms. The molecular weight excluding hydrogens is 458 g/mol. The molecule has 2 saturated heterocycles. The van der Waals surface area contributed by atoms with Crippen molar-refractivity contribution in [2.24, 2.45) is 0 Å². The maximum atomic E-state index is 13.1. The highest BCUT2D eigenvalue weighted by molar-refractivity contribution is 8.26. The first-order valence-electron chi connectivity index (χ1n) is 10.7. The van der Waals surface area contributed by atoms with E-state index in [-0.39, 0.29) is 17.7 Å². The van der Waals surface area contributed by atoms with E-state index in [1.807, 2.05) is 36.5 Å². The average Bonchev–Trinajstić information content (AvgIpc) is 3.51. The van der Waals surface area contributed by atoms with Crippen LogP contribution in [0.15, 0.2) is 59.6 Å². The molecule has 2 aliphatic rings. The number of hydrogen-bond donors (Lipinski definition) is 0. The third-order valence-electron chi connectivity index (χ3n) is 5.89. The van der Waals surface area contributed by atoms with Crippen LogP contribution in [0.5, 0.6) is 0 Å². The highest BCUT2D eigenvalue weighted by atomic mass is 32.2. The van der Waals surface area contributed by atoms with Crippen LogP contribution in [0.1, 0.15) is 24.0 Å². The smallest absolute Gasteiger partial charge is 0.269 e. The minimum atomic E-state index is -0.401. The van der Waals surface area contributed by atoms with Gasteiger partial charge in [-0.15, -0.1) is 0 Å². The summed E-state index contributed by atoms with van der Waals surface area (Å²) in [5, 5.41) is 12.0. The van der Waals surface area contributed by atoms with Gasteiger partial charge in [-0.2, -0.15) is 0 Å². The number of carbonyl (C=O) groups excluding carboxylic acids is 1. The first-order chi connectivity index (χ1) is 16.0. The Morgan fingerprint density at radius 3 is 2.73 bits per heavy atom. The van der Waals surface area contributed by atoms with Gasteiger partial charge in [0.1, 0.15) is 4.32 Å². The SMILES string of the molecule is O=C1/C(=C/c2cn(Cc3ccc([N+](=O)[O-])cc3)c3ccccc23)SC(=S)N1C[C@@H]1CCCO1. The molecule has 33 heavy (non-hydrogen) atoms. The Hall–Kier alpha value is -3.01. The number of amides is 1. The second-order valence-electron chi connectivity index (χ2n) is 8.08. The van der Waals surface area contributed by atoms with Crippen LogP contribution in [0.4, 0.5) is 5.69 Å². The number of para-hydroxylation sites is 1. The van der Waals surface area contributed by atoms with Gasteiger partial charge in [-0.05, 0) is 30.5 Å². The van der Waals surface area contributed by atoms with Gasteiger partial charge in [-0.25, -0.2) is 0 Å². The van der Waals surface area contributed by atoms with E-state index in [4.69, 9.17) is 17.0 Å². The van der Waals surface area contributed by atoms with Crippen LogP contribution in [0.25, 0.3) is 17.0 Å². The normalized spacial score (nSPS) is 19.8. The Bertz CT molecular complexity index is 1280. The van der Waals surface area contributed by atoms with Crippen LogP contribution < -0.4 is 0 Å². The topological polar surface area (TPSA) is 77.6 Å². The number of nitrogens with zero attached hydrogens (tertiary/aromatic N) is 3. The fourth-order valence-corrected chi connectivity index (χ4v) is 5.50. The van der Waals surface area contributed by atoms with Gasteiger partial charge in [0, 0.05) is 47.9 Å². The molecule has 0 radical (unpaired) electrons. The van der Waals surface area contributed by atoms with E-state index >= 15 is 0 Å². The van der Waals surface area contributed by atoms with Crippen molar-refractivity contribution in [3.05, 3.63) is 80.9 Å². The molecule has 2 fully saturated rings. The van der Waals surface area contributed by atoms with Gasteiger partial charge in [0.15, 0.2) is 0 Å². The number of non-ortho nitro benzene ring substituents is 1. The van der Waals surface area contributed by atoms with Crippen LogP contribution >= 0.6 is 24.0 Å². The highest BCUT2D eigenvalue weighted by Crippen LogP contribution is 2.35. The summed E-state index contributed by atoms with van der Waals surface area (Å²) in [4.78, 5) is 25.8. The van der Waals surface area contributed by atoms with Crippen molar-refractivity contribution >= 4 is 56.9 Å². The standard InChI is InChI=1S/C24H21N3O4S2/c28-23-22(33-24(32)26(23)15-19-4-3-11-31-19)12-17-14-25(21-6-2-1-5-20(17)21)13-16-7-9-18(10-8-16)27(29)30/h1-2,5-10,12,14,19H,3-4,11,13,15H2/b22-12-/t19-/m0/s1. The Labute approximate surface area is 200 Å². The van der Waals surface area contributed by atoms with Gasteiger partial charge in [-0.1, -0.05) is 54.3 Å². The van der Waals surface area contributed by atoms with E-state index in [1.165, 1.54) is 23.9 Å². The molecule has 2 aromatic carbocycles. The molecule has 3 heterocycles. The maximum absolute atomic E-state index is 13.1. The summed E-state index contributed by atoms with van der Waals surface area (Å²) in [7, 11) is 0. The number of thioether (sulfide) groups is 1. The van der Waals surface area contributed by atoms with Crippen molar-refractivity contribution in [2.45, 2.75) is 25.5 Å². The fourth-order valence-electron chi connectivity index (χ4n) is 4.23. The van der Waals surface area contributed by atoms with Gasteiger partial charge in [0.2, 0.25) is 0 Å². The summed E-state index contributed by atoms with van der Waals surface area (Å²) in [5.41, 5.74) is 2.99. The predicted molar refractivity (Wildman–Crippen MR) is 133 cm³/mol. The number of nitro benzene ring substituents is 1. The molecule has 0 aliphatic carbocycles. The zero-order valence-electron chi connectivity index (χ0n) is 17.7. The number of hydrogen-bond acceptors (Lipinski definition) is 6. The lowest BCUT2D eigenvalue weighted by Gasteiger charge is -2.18. The Balaban J connectivity index is 1.43. The minimum absolute atomic E-state index is 0.0514. The molecule has 168 valence electrons. The number of carbonyl (C=O) groups is 1. The molecule has 1 aromatic heterocycles. The van der Waals surface area contributed by atoms with Crippen molar-refractivity contribution in [3.63, 3.8) is 0 Å². The van der Waals surface area contributed by atoms with Crippen molar-refractivity contribution < 1.29 is 14.5 Å². The van der Waals surface area contributed by atoms with E-state index in [2.05, 4.69) is 4.57 Å². The molecule has 0 bridgehead atoms. The van der Waals surface area contributed by atoms with Crippen molar-refractivity contribution in [1.29, 1.82) is 0 Å². The average molecular weight is 480 g/mol. The summed E-state index contributed by atoms with van der Waals surface area (Å²) in [5.74, 6) is -0.0762. The summed E-state index contributed by atoms with van der Waals surface area (Å²) in [6.07, 6.45) is 5.94. The van der Waals surface area contributed by atoms with E-state index in [1.54, 1.807) is 17.0 Å². The first kappa shape index (κ1) is 21.8. The molecule has 3 aromatic rings. The van der Waals surface area contributed by atoms with Gasteiger partial charge in [0.25, 0.3) is 11.6 Å². The number of aromatic nitrogens is 1. The summed E-state index contributed by atoms with van der Waals surface area (Å²) < 4.78 is 8.34. The zero-order chi connectivity index (χ0) is 22.9. The van der Waals surface area contributed by atoms with E-state index < -0.39 is 4.92 Å². The van der Waals surface area contributed by atoms with Crippen LogP contribution in [0, 0.1) is 10.1 Å². The Morgan fingerprint density at radius 1 is 1.21 bits per heavy atom. The van der Waals surface area contributed by atoms with E-state index in [9.17, 15) is 14.9 Å². The summed E-state index contributed by atoms with van der Waals surface area (Å²) >= 11 is 6.81. The molecule has 9 heteroatoms. The second kappa shape index (κ2) is 9.09. The third-order valence-corrected chi connectivity index (χ3v) is 7.27. The molecule has 0 N–H and O–H groups in total. The first-order valence-corrected chi connectivity index (χ1v) is 11.9. The van der Waals surface area contributed by atoms with Gasteiger partial charge in [-0.3, -0.25) is 19.8 Å². The minimum Gasteiger partial charge on any atom is -0.376 e. The molecule has 1 amide bonds. The van der Waals surface area contributed by atoms with Gasteiger partial charge < -0.3 is 9.30 Å². The molecule has 0 saturated carbocycles. The summed E-state index contributed by atoms with van der Waals surface area (Å²) in [6.45, 7) is 1.81. The molecule has 7 nitrogen and oxygen atoms in total. The Kier molecular flexibility index (Phi) is 6.01. The molecule has 0 unspecified atom stereocenters. The van der Waals surface area contributed by atoms with Crippen LogP contribution in [0.3, 0.4) is 0 Å². The zero-order valence-corrected chi connectivity index (χ0v) is 19.3. The van der Waals surface area contributed by atoms with Crippen LogP contribution in [0.2, 0.25) is 0 Å². The van der Waals surface area contributed by atoms with Crippen molar-refractivity contribution in [3.8, 4) is 0 Å². The number of nitro groups is 1. The molecule has 1 atom stereocenters. The quantitative estimate of drug-likeness (QED) is 0.215. The fraction of sp³-hybridized carbons (Fsp3) is 0.250. The van der Waals surface area contributed by atoms with Gasteiger partial charge in [0.05, 0.1) is 22.5 Å². The predicted octanol–water partition coefficient (Wildman–Crippen LogP) is 4.98. The lowest BCUT2D eigenvalue weighted by molar-refractivity contribution is -0.384. The van der Waals surface area contributed by atoms with E-state index in [0.717, 1.165) is 41.5 Å². The molecule has 2 aliphatic heterocycles. The summed E-state index contributed by atoms with van der Waals surface area (Å²) in [6, 6.07) is 14.6. The monoisotopic (exact) mass is 479 g/mol. The van der Waals surface area contributed by atoms with E-state index in [0.29, 0.717) is 22.3 Å². The number of rotatable bonds is 6. The number of thiocarbonyl (C=S) groups is 1.